The van der Waals surface area contributed by atoms with Crippen LogP contribution in [0.5, 0.6) is 0 Å². The lowest BCUT2D eigenvalue weighted by Crippen LogP contribution is -2.42. The predicted octanol–water partition coefficient (Wildman–Crippen LogP) is 2.23. The molecule has 92 valence electrons. The number of nitrogens with zero attached hydrogens (tertiary/aromatic N) is 1. The molecule has 2 rings (SSSR count). The van der Waals surface area contributed by atoms with Gasteiger partial charge in [-0.25, -0.2) is 0 Å². The van der Waals surface area contributed by atoms with E-state index in [1.807, 2.05) is 23.9 Å². The molecule has 1 aromatic rings. The van der Waals surface area contributed by atoms with Crippen LogP contribution in [0.4, 0.5) is 5.69 Å². The average Bonchev–Trinajstić information content (AvgIpc) is 2.32. The van der Waals surface area contributed by atoms with Gasteiger partial charge < -0.3 is 5.32 Å². The first-order valence-corrected chi connectivity index (χ1v) is 6.80. The van der Waals surface area contributed by atoms with Crippen molar-refractivity contribution in [3.63, 3.8) is 0 Å². The van der Waals surface area contributed by atoms with Crippen LogP contribution >= 0.6 is 11.8 Å². The van der Waals surface area contributed by atoms with Crippen molar-refractivity contribution < 1.29 is 4.92 Å². The highest BCUT2D eigenvalue weighted by atomic mass is 32.2. The highest BCUT2D eigenvalue weighted by Crippen LogP contribution is 2.27. The first-order chi connectivity index (χ1) is 8.18. The molecule has 1 N–H and O–H groups in total. The predicted molar refractivity (Wildman–Crippen MR) is 70.5 cm³/mol. The van der Waals surface area contributed by atoms with Gasteiger partial charge in [0.25, 0.3) is 5.69 Å². The van der Waals surface area contributed by atoms with E-state index in [-0.39, 0.29) is 10.6 Å². The molecule has 0 bridgehead atoms. The molecule has 1 saturated heterocycles. The third-order valence-electron chi connectivity index (χ3n) is 3.07. The molecular formula is C12H16N2O2S. The zero-order valence-electron chi connectivity index (χ0n) is 9.76. The van der Waals surface area contributed by atoms with Gasteiger partial charge in [0.2, 0.25) is 0 Å². The number of rotatable bonds is 3. The zero-order chi connectivity index (χ0) is 12.3. The molecule has 0 amide bonds. The number of para-hydroxylation sites is 1. The monoisotopic (exact) mass is 252 g/mol. The minimum atomic E-state index is -0.291. The van der Waals surface area contributed by atoms with Gasteiger partial charge in [-0.15, -0.1) is 0 Å². The number of nitro benzene ring substituents is 1. The highest BCUT2D eigenvalue weighted by molar-refractivity contribution is 8.00. The average molecular weight is 252 g/mol. The van der Waals surface area contributed by atoms with E-state index >= 15 is 0 Å². The number of hydrogen-bond acceptors (Lipinski definition) is 4. The Bertz CT molecular complexity index is 411. The van der Waals surface area contributed by atoms with Crippen molar-refractivity contribution in [2.24, 2.45) is 0 Å². The van der Waals surface area contributed by atoms with Gasteiger partial charge in [-0.2, -0.15) is 11.8 Å². The Labute approximate surface area is 105 Å². The van der Waals surface area contributed by atoms with Crippen molar-refractivity contribution in [3.05, 3.63) is 39.9 Å². The van der Waals surface area contributed by atoms with Crippen LogP contribution in [0.2, 0.25) is 0 Å². The molecule has 1 aliphatic rings. The normalized spacial score (nSPS) is 24.5. The van der Waals surface area contributed by atoms with E-state index in [4.69, 9.17) is 0 Å². The van der Waals surface area contributed by atoms with E-state index in [1.54, 1.807) is 12.1 Å². The van der Waals surface area contributed by atoms with Gasteiger partial charge in [0.05, 0.1) is 4.92 Å². The maximum atomic E-state index is 10.9. The first-order valence-electron chi connectivity index (χ1n) is 5.76. The summed E-state index contributed by atoms with van der Waals surface area (Å²) < 4.78 is 0. The van der Waals surface area contributed by atoms with Crippen LogP contribution in [0.15, 0.2) is 24.3 Å². The van der Waals surface area contributed by atoms with E-state index in [9.17, 15) is 10.1 Å². The summed E-state index contributed by atoms with van der Waals surface area (Å²) >= 11 is 1.90. The summed E-state index contributed by atoms with van der Waals surface area (Å²) in [4.78, 5) is 10.6. The third kappa shape index (κ3) is 2.98. The molecule has 0 aliphatic carbocycles. The maximum Gasteiger partial charge on any atom is 0.272 e. The molecule has 5 heteroatoms. The largest absolute Gasteiger partial charge is 0.312 e. The topological polar surface area (TPSA) is 55.2 Å². The van der Waals surface area contributed by atoms with Crippen LogP contribution in [0, 0.1) is 10.1 Å². The van der Waals surface area contributed by atoms with Gasteiger partial charge in [0, 0.05) is 35.2 Å². The van der Waals surface area contributed by atoms with Crippen molar-refractivity contribution in [2.75, 3.05) is 12.3 Å². The van der Waals surface area contributed by atoms with E-state index in [1.165, 1.54) is 0 Å². The summed E-state index contributed by atoms with van der Waals surface area (Å²) in [5.41, 5.74) is 1.08. The van der Waals surface area contributed by atoms with Crippen molar-refractivity contribution in [1.82, 2.24) is 5.32 Å². The molecule has 1 aliphatic heterocycles. The van der Waals surface area contributed by atoms with E-state index in [0.29, 0.717) is 11.3 Å². The third-order valence-corrected chi connectivity index (χ3v) is 4.51. The van der Waals surface area contributed by atoms with Crippen LogP contribution in [0.25, 0.3) is 0 Å². The second-order valence-electron chi connectivity index (χ2n) is 4.24. The lowest BCUT2D eigenvalue weighted by atomic mass is 10.0. The smallest absolute Gasteiger partial charge is 0.272 e. The summed E-state index contributed by atoms with van der Waals surface area (Å²) in [6.45, 7) is 3.17. The number of thioether (sulfide) groups is 1. The summed E-state index contributed by atoms with van der Waals surface area (Å²) in [7, 11) is 0. The molecular weight excluding hydrogens is 236 g/mol. The second-order valence-corrected chi connectivity index (χ2v) is 5.59. The molecule has 0 saturated carbocycles. The van der Waals surface area contributed by atoms with Gasteiger partial charge >= 0.3 is 0 Å². The van der Waals surface area contributed by atoms with E-state index in [0.717, 1.165) is 24.3 Å². The Morgan fingerprint density at radius 1 is 1.53 bits per heavy atom. The second kappa shape index (κ2) is 5.51. The van der Waals surface area contributed by atoms with Crippen molar-refractivity contribution in [2.45, 2.75) is 24.6 Å². The highest BCUT2D eigenvalue weighted by Gasteiger charge is 2.24. The van der Waals surface area contributed by atoms with Crippen LogP contribution in [-0.2, 0) is 6.42 Å². The summed E-state index contributed by atoms with van der Waals surface area (Å²) in [6.07, 6.45) is 0.760. The quantitative estimate of drug-likeness (QED) is 0.662. The fourth-order valence-electron chi connectivity index (χ4n) is 2.09. The van der Waals surface area contributed by atoms with Gasteiger partial charge in [-0.1, -0.05) is 18.2 Å². The molecule has 1 heterocycles. The Morgan fingerprint density at radius 2 is 2.29 bits per heavy atom. The van der Waals surface area contributed by atoms with Crippen molar-refractivity contribution >= 4 is 17.4 Å². The maximum absolute atomic E-state index is 10.9. The molecule has 0 spiro atoms. The van der Waals surface area contributed by atoms with Crippen LogP contribution in [0.3, 0.4) is 0 Å². The summed E-state index contributed by atoms with van der Waals surface area (Å²) in [5, 5.41) is 14.8. The summed E-state index contributed by atoms with van der Waals surface area (Å²) in [6, 6.07) is 7.44. The van der Waals surface area contributed by atoms with E-state index < -0.39 is 0 Å². The lowest BCUT2D eigenvalue weighted by Gasteiger charge is -2.29. The number of nitro groups is 1. The van der Waals surface area contributed by atoms with Gasteiger partial charge in [-0.05, 0) is 13.3 Å². The van der Waals surface area contributed by atoms with Crippen LogP contribution in [0.1, 0.15) is 12.5 Å². The van der Waals surface area contributed by atoms with Crippen molar-refractivity contribution in [1.29, 1.82) is 0 Å². The van der Waals surface area contributed by atoms with Crippen LogP contribution < -0.4 is 5.32 Å². The molecule has 0 radical (unpaired) electrons. The standard InChI is InChI=1S/C12H16N2O2S/c1-9-12(17-7-6-13-9)8-10-4-2-3-5-11(10)14(15)16/h2-5,9,12-13H,6-8H2,1H3. The Balaban J connectivity index is 2.14. The minimum Gasteiger partial charge on any atom is -0.312 e. The van der Waals surface area contributed by atoms with Crippen molar-refractivity contribution in [3.8, 4) is 0 Å². The van der Waals surface area contributed by atoms with Gasteiger partial charge in [0.15, 0.2) is 0 Å². The van der Waals surface area contributed by atoms with Crippen LogP contribution in [-0.4, -0.2) is 28.5 Å². The molecule has 2 unspecified atom stereocenters. The van der Waals surface area contributed by atoms with Gasteiger partial charge in [-0.3, -0.25) is 10.1 Å². The molecule has 2 atom stereocenters. The molecule has 17 heavy (non-hydrogen) atoms. The SMILES string of the molecule is CC1NCCSC1Cc1ccccc1[N+](=O)[O-]. The molecule has 0 aromatic heterocycles. The molecule has 1 aromatic carbocycles. The Kier molecular flexibility index (Phi) is 4.02. The fourth-order valence-corrected chi connectivity index (χ4v) is 3.31. The zero-order valence-corrected chi connectivity index (χ0v) is 10.6. The Hall–Kier alpha value is -1.07. The Morgan fingerprint density at radius 3 is 3.00 bits per heavy atom. The number of benzene rings is 1. The van der Waals surface area contributed by atoms with E-state index in [2.05, 4.69) is 12.2 Å². The lowest BCUT2D eigenvalue weighted by molar-refractivity contribution is -0.385. The minimum absolute atomic E-state index is 0.242. The summed E-state index contributed by atoms with van der Waals surface area (Å²) in [5.74, 6) is 1.08. The first kappa shape index (κ1) is 12.4. The van der Waals surface area contributed by atoms with Gasteiger partial charge in [0.1, 0.15) is 0 Å². The number of hydrogen-bond donors (Lipinski definition) is 1. The molecule has 4 nitrogen and oxygen atoms in total. The number of nitrogens with one attached hydrogen (secondary N) is 1. The molecule has 1 fully saturated rings. The fraction of sp³-hybridized carbons (Fsp3) is 0.500.